The van der Waals surface area contributed by atoms with Crippen LogP contribution in [-0.2, 0) is 19.4 Å². The first kappa shape index (κ1) is 15.2. The topological polar surface area (TPSA) is 29.9 Å². The van der Waals surface area contributed by atoms with Crippen molar-refractivity contribution in [1.82, 2.24) is 15.1 Å². The Hall–Kier alpha value is -0.830. The van der Waals surface area contributed by atoms with Crippen LogP contribution in [0.2, 0.25) is 0 Å². The molecular formula is C15H29N3. The van der Waals surface area contributed by atoms with Gasteiger partial charge in [-0.25, -0.2) is 0 Å². The monoisotopic (exact) mass is 251 g/mol. The molecule has 1 rings (SSSR count). The molecule has 0 aliphatic carbocycles. The highest BCUT2D eigenvalue weighted by Gasteiger charge is 2.06. The third-order valence-corrected chi connectivity index (χ3v) is 3.39. The predicted molar refractivity (Wildman–Crippen MR) is 78.0 cm³/mol. The minimum absolute atomic E-state index is 0.622. The minimum atomic E-state index is 0.622. The summed E-state index contributed by atoms with van der Waals surface area (Å²) in [5.41, 5.74) is 2.60. The molecule has 1 aromatic heterocycles. The maximum absolute atomic E-state index is 4.65. The zero-order chi connectivity index (χ0) is 13.4. The second-order valence-electron chi connectivity index (χ2n) is 5.05. The molecule has 18 heavy (non-hydrogen) atoms. The molecule has 0 aliphatic heterocycles. The third-order valence-electron chi connectivity index (χ3n) is 3.39. The Kier molecular flexibility index (Phi) is 7.02. The minimum Gasteiger partial charge on any atom is -0.314 e. The normalized spacial score (nSPS) is 12.9. The van der Waals surface area contributed by atoms with E-state index in [1.54, 1.807) is 0 Å². The van der Waals surface area contributed by atoms with Crippen LogP contribution in [0.15, 0.2) is 6.07 Å². The van der Waals surface area contributed by atoms with Crippen molar-refractivity contribution in [3.63, 3.8) is 0 Å². The van der Waals surface area contributed by atoms with Crippen LogP contribution in [0.25, 0.3) is 0 Å². The van der Waals surface area contributed by atoms with E-state index >= 15 is 0 Å². The van der Waals surface area contributed by atoms with Gasteiger partial charge in [-0.2, -0.15) is 5.10 Å². The van der Waals surface area contributed by atoms with Crippen molar-refractivity contribution in [2.45, 2.75) is 72.4 Å². The molecule has 3 nitrogen and oxygen atoms in total. The number of aryl methyl sites for hydroxylation is 3. The molecule has 0 fully saturated rings. The van der Waals surface area contributed by atoms with E-state index in [-0.39, 0.29) is 0 Å². The molecule has 0 aromatic carbocycles. The van der Waals surface area contributed by atoms with Crippen LogP contribution >= 0.6 is 0 Å². The zero-order valence-electron chi connectivity index (χ0n) is 12.5. The van der Waals surface area contributed by atoms with Gasteiger partial charge in [-0.05, 0) is 51.6 Å². The van der Waals surface area contributed by atoms with Crippen LogP contribution in [0, 0.1) is 0 Å². The molecule has 1 N–H and O–H groups in total. The van der Waals surface area contributed by atoms with Crippen molar-refractivity contribution in [1.29, 1.82) is 0 Å². The van der Waals surface area contributed by atoms with Gasteiger partial charge in [0.05, 0.1) is 5.69 Å². The summed E-state index contributed by atoms with van der Waals surface area (Å²) in [7, 11) is 0. The Morgan fingerprint density at radius 2 is 2.06 bits per heavy atom. The van der Waals surface area contributed by atoms with E-state index < -0.39 is 0 Å². The lowest BCUT2D eigenvalue weighted by Gasteiger charge is -2.13. The number of aromatic nitrogens is 2. The lowest BCUT2D eigenvalue weighted by atomic mass is 10.2. The summed E-state index contributed by atoms with van der Waals surface area (Å²) in [5.74, 6) is 0. The third kappa shape index (κ3) is 4.81. The molecule has 1 unspecified atom stereocenters. The van der Waals surface area contributed by atoms with Crippen molar-refractivity contribution in [3.05, 3.63) is 17.5 Å². The second kappa shape index (κ2) is 8.30. The number of rotatable bonds is 9. The molecular weight excluding hydrogens is 222 g/mol. The quantitative estimate of drug-likeness (QED) is 0.730. The Bertz CT molecular complexity index is 330. The van der Waals surface area contributed by atoms with Crippen LogP contribution in [0.3, 0.4) is 0 Å². The lowest BCUT2D eigenvalue weighted by Crippen LogP contribution is -2.26. The summed E-state index contributed by atoms with van der Waals surface area (Å²) in [5, 5.41) is 8.19. The number of hydrogen-bond donors (Lipinski definition) is 1. The molecule has 0 spiro atoms. The Labute approximate surface area is 112 Å². The summed E-state index contributed by atoms with van der Waals surface area (Å²) in [6.07, 6.45) is 5.76. The summed E-state index contributed by atoms with van der Waals surface area (Å²) in [4.78, 5) is 0. The molecule has 0 bridgehead atoms. The first-order valence-corrected chi connectivity index (χ1v) is 7.50. The number of nitrogens with one attached hydrogen (secondary N) is 1. The molecule has 1 aromatic rings. The summed E-state index contributed by atoms with van der Waals surface area (Å²) in [6, 6.07) is 2.87. The molecule has 3 heteroatoms. The fourth-order valence-electron chi connectivity index (χ4n) is 2.21. The van der Waals surface area contributed by atoms with Gasteiger partial charge in [-0.3, -0.25) is 4.68 Å². The molecule has 0 saturated carbocycles. The highest BCUT2D eigenvalue weighted by Crippen LogP contribution is 2.08. The summed E-state index contributed by atoms with van der Waals surface area (Å²) < 4.78 is 2.20. The highest BCUT2D eigenvalue weighted by molar-refractivity contribution is 5.10. The maximum Gasteiger partial charge on any atom is 0.0624 e. The average molecular weight is 251 g/mol. The summed E-state index contributed by atoms with van der Waals surface area (Å²) >= 11 is 0. The van der Waals surface area contributed by atoms with Gasteiger partial charge in [-0.15, -0.1) is 0 Å². The van der Waals surface area contributed by atoms with Gasteiger partial charge < -0.3 is 5.32 Å². The molecule has 1 heterocycles. The number of nitrogens with zero attached hydrogens (tertiary/aromatic N) is 2. The van der Waals surface area contributed by atoms with Gasteiger partial charge in [0.1, 0.15) is 0 Å². The van der Waals surface area contributed by atoms with Crippen molar-refractivity contribution >= 4 is 0 Å². The van der Waals surface area contributed by atoms with E-state index in [0.29, 0.717) is 6.04 Å². The van der Waals surface area contributed by atoms with Gasteiger partial charge in [-0.1, -0.05) is 20.8 Å². The van der Waals surface area contributed by atoms with Gasteiger partial charge in [0, 0.05) is 18.3 Å². The van der Waals surface area contributed by atoms with Crippen LogP contribution in [0.5, 0.6) is 0 Å². The van der Waals surface area contributed by atoms with Crippen molar-refractivity contribution < 1.29 is 0 Å². The smallest absolute Gasteiger partial charge is 0.0624 e. The lowest BCUT2D eigenvalue weighted by molar-refractivity contribution is 0.457. The highest BCUT2D eigenvalue weighted by atomic mass is 15.3. The molecule has 0 amide bonds. The fraction of sp³-hybridized carbons (Fsp3) is 0.800. The van der Waals surface area contributed by atoms with Crippen LogP contribution in [0.4, 0.5) is 0 Å². The number of hydrogen-bond acceptors (Lipinski definition) is 2. The molecule has 0 saturated heterocycles. The van der Waals surface area contributed by atoms with E-state index in [9.17, 15) is 0 Å². The first-order chi connectivity index (χ1) is 8.71. The van der Waals surface area contributed by atoms with E-state index in [1.165, 1.54) is 30.7 Å². The largest absolute Gasteiger partial charge is 0.314 e. The van der Waals surface area contributed by atoms with Gasteiger partial charge in [0.15, 0.2) is 0 Å². The SMILES string of the molecule is CCCNC(C)CCCn1nc(CC)cc1CC. The molecule has 0 aliphatic rings. The van der Waals surface area contributed by atoms with Gasteiger partial charge in [0.25, 0.3) is 0 Å². The Morgan fingerprint density at radius 3 is 2.67 bits per heavy atom. The van der Waals surface area contributed by atoms with Crippen molar-refractivity contribution in [2.24, 2.45) is 0 Å². The van der Waals surface area contributed by atoms with Gasteiger partial charge in [0.2, 0.25) is 0 Å². The van der Waals surface area contributed by atoms with Crippen molar-refractivity contribution in [2.75, 3.05) is 6.54 Å². The van der Waals surface area contributed by atoms with E-state index in [2.05, 4.69) is 48.9 Å². The predicted octanol–water partition coefficient (Wildman–Crippen LogP) is 3.18. The maximum atomic E-state index is 4.65. The second-order valence-corrected chi connectivity index (χ2v) is 5.05. The molecule has 0 radical (unpaired) electrons. The first-order valence-electron chi connectivity index (χ1n) is 7.50. The van der Waals surface area contributed by atoms with Crippen molar-refractivity contribution in [3.8, 4) is 0 Å². The Morgan fingerprint density at radius 1 is 1.28 bits per heavy atom. The average Bonchev–Trinajstić information content (AvgIpc) is 2.79. The van der Waals surface area contributed by atoms with E-state index in [4.69, 9.17) is 0 Å². The standard InChI is InChI=1S/C15H29N3/c1-5-10-16-13(4)9-8-11-18-15(7-3)12-14(6-2)17-18/h12-13,16H,5-11H2,1-4H3. The Balaban J connectivity index is 2.36. The zero-order valence-corrected chi connectivity index (χ0v) is 12.5. The van der Waals surface area contributed by atoms with Crippen LogP contribution < -0.4 is 5.32 Å². The van der Waals surface area contributed by atoms with E-state index in [1.807, 2.05) is 0 Å². The molecule has 1 atom stereocenters. The molecule has 104 valence electrons. The van der Waals surface area contributed by atoms with E-state index in [0.717, 1.165) is 25.9 Å². The van der Waals surface area contributed by atoms with Crippen LogP contribution in [0.1, 0.15) is 58.3 Å². The fourth-order valence-corrected chi connectivity index (χ4v) is 2.21. The summed E-state index contributed by atoms with van der Waals surface area (Å²) in [6.45, 7) is 11.0. The van der Waals surface area contributed by atoms with Crippen LogP contribution in [-0.4, -0.2) is 22.4 Å². The van der Waals surface area contributed by atoms with Gasteiger partial charge >= 0.3 is 0 Å².